The van der Waals surface area contributed by atoms with Gasteiger partial charge in [0, 0.05) is 10.9 Å². The molecular formula is C16H13NO4S. The smallest absolute Gasteiger partial charge is 0.374 e. The van der Waals surface area contributed by atoms with Crippen molar-refractivity contribution < 1.29 is 18.7 Å². The number of nitrogens with zero attached hydrogens (tertiary/aromatic N) is 1. The Hall–Kier alpha value is -2.60. The van der Waals surface area contributed by atoms with Crippen LogP contribution in [0, 0.1) is 0 Å². The third-order valence-electron chi connectivity index (χ3n) is 2.96. The predicted octanol–water partition coefficient (Wildman–Crippen LogP) is 3.77. The molecule has 2 heterocycles. The van der Waals surface area contributed by atoms with Gasteiger partial charge in [-0.25, -0.2) is 9.78 Å². The van der Waals surface area contributed by atoms with E-state index in [1.807, 2.05) is 29.6 Å². The van der Waals surface area contributed by atoms with E-state index < -0.39 is 5.97 Å². The van der Waals surface area contributed by atoms with E-state index in [1.54, 1.807) is 19.2 Å². The molecule has 0 atom stereocenters. The molecule has 112 valence electrons. The molecule has 1 aromatic carbocycles. The van der Waals surface area contributed by atoms with Crippen LogP contribution < -0.4 is 4.74 Å². The van der Waals surface area contributed by atoms with Crippen molar-refractivity contribution in [3.05, 3.63) is 59.5 Å². The summed E-state index contributed by atoms with van der Waals surface area (Å²) in [6, 6.07) is 10.8. The molecule has 0 N–H and O–H groups in total. The maximum Gasteiger partial charge on any atom is 0.374 e. The molecule has 0 aliphatic heterocycles. The number of hydrogen-bond donors (Lipinski definition) is 0. The monoisotopic (exact) mass is 315 g/mol. The molecule has 0 fully saturated rings. The van der Waals surface area contributed by atoms with Crippen LogP contribution in [0.5, 0.6) is 5.75 Å². The SMILES string of the molecule is COc1ccc(-c2nc(COC(=O)c3ccco3)cs2)cc1. The number of methoxy groups -OCH3 is 1. The van der Waals surface area contributed by atoms with Crippen LogP contribution in [0.15, 0.2) is 52.5 Å². The average Bonchev–Trinajstić information content (AvgIpc) is 3.24. The fourth-order valence-corrected chi connectivity index (χ4v) is 2.66. The Labute approximate surface area is 131 Å². The summed E-state index contributed by atoms with van der Waals surface area (Å²) in [6.07, 6.45) is 1.43. The molecule has 0 aliphatic carbocycles. The molecule has 5 nitrogen and oxygen atoms in total. The molecule has 0 unspecified atom stereocenters. The minimum Gasteiger partial charge on any atom is -0.497 e. The largest absolute Gasteiger partial charge is 0.497 e. The van der Waals surface area contributed by atoms with E-state index in [-0.39, 0.29) is 12.4 Å². The fraction of sp³-hybridized carbons (Fsp3) is 0.125. The zero-order valence-electron chi connectivity index (χ0n) is 11.8. The second-order valence-corrected chi connectivity index (χ2v) is 5.28. The molecule has 6 heteroatoms. The van der Waals surface area contributed by atoms with Crippen LogP contribution in [-0.4, -0.2) is 18.1 Å². The van der Waals surface area contributed by atoms with Gasteiger partial charge in [0.2, 0.25) is 5.76 Å². The quantitative estimate of drug-likeness (QED) is 0.671. The minimum absolute atomic E-state index is 0.117. The summed E-state index contributed by atoms with van der Waals surface area (Å²) in [6.45, 7) is 0.117. The first-order chi connectivity index (χ1) is 10.8. The van der Waals surface area contributed by atoms with E-state index in [0.717, 1.165) is 16.3 Å². The van der Waals surface area contributed by atoms with Crippen molar-refractivity contribution >= 4 is 17.3 Å². The number of thiazole rings is 1. The van der Waals surface area contributed by atoms with Gasteiger partial charge in [0.05, 0.1) is 19.1 Å². The molecule has 3 aromatic rings. The minimum atomic E-state index is -0.496. The van der Waals surface area contributed by atoms with E-state index in [0.29, 0.717) is 5.69 Å². The summed E-state index contributed by atoms with van der Waals surface area (Å²) in [7, 11) is 1.63. The van der Waals surface area contributed by atoms with Crippen molar-refractivity contribution in [2.24, 2.45) is 0 Å². The van der Waals surface area contributed by atoms with Crippen molar-refractivity contribution in [1.29, 1.82) is 0 Å². The molecule has 0 amide bonds. The summed E-state index contributed by atoms with van der Waals surface area (Å²) in [5.74, 6) is 0.488. The molecule has 22 heavy (non-hydrogen) atoms. The number of carbonyl (C=O) groups excluding carboxylic acids is 1. The Morgan fingerprint density at radius 3 is 2.77 bits per heavy atom. The molecule has 2 aromatic heterocycles. The van der Waals surface area contributed by atoms with Crippen molar-refractivity contribution in [3.63, 3.8) is 0 Å². The second-order valence-electron chi connectivity index (χ2n) is 4.43. The molecule has 0 radical (unpaired) electrons. The number of ether oxygens (including phenoxy) is 2. The Kier molecular flexibility index (Phi) is 4.20. The Morgan fingerprint density at radius 2 is 2.09 bits per heavy atom. The van der Waals surface area contributed by atoms with Crippen molar-refractivity contribution in [2.75, 3.05) is 7.11 Å². The van der Waals surface area contributed by atoms with Crippen LogP contribution in [0.25, 0.3) is 10.6 Å². The highest BCUT2D eigenvalue weighted by Gasteiger charge is 2.12. The Balaban J connectivity index is 1.64. The van der Waals surface area contributed by atoms with Gasteiger partial charge in [-0.1, -0.05) is 0 Å². The normalized spacial score (nSPS) is 10.4. The van der Waals surface area contributed by atoms with Crippen LogP contribution in [-0.2, 0) is 11.3 Å². The standard InChI is InChI=1S/C16H13NO4S/c1-19-13-6-4-11(5-7-13)15-17-12(10-22-15)9-21-16(18)14-3-2-8-20-14/h2-8,10H,9H2,1H3. The van der Waals surface area contributed by atoms with Crippen molar-refractivity contribution in [2.45, 2.75) is 6.61 Å². The first-order valence-corrected chi connectivity index (χ1v) is 7.43. The maximum absolute atomic E-state index is 11.7. The molecule has 0 spiro atoms. The van der Waals surface area contributed by atoms with Gasteiger partial charge in [0.1, 0.15) is 17.4 Å². The highest BCUT2D eigenvalue weighted by atomic mass is 32.1. The van der Waals surface area contributed by atoms with Gasteiger partial charge in [-0.15, -0.1) is 11.3 Å². The lowest BCUT2D eigenvalue weighted by Gasteiger charge is -2.01. The number of benzene rings is 1. The average molecular weight is 315 g/mol. The van der Waals surface area contributed by atoms with Crippen LogP contribution in [0.4, 0.5) is 0 Å². The van der Waals surface area contributed by atoms with E-state index >= 15 is 0 Å². The Bertz CT molecular complexity index is 747. The van der Waals surface area contributed by atoms with Crippen LogP contribution in [0.2, 0.25) is 0 Å². The topological polar surface area (TPSA) is 61.6 Å². The van der Waals surface area contributed by atoms with Crippen LogP contribution in [0.3, 0.4) is 0 Å². The van der Waals surface area contributed by atoms with E-state index in [4.69, 9.17) is 13.9 Å². The molecule has 0 bridgehead atoms. The van der Waals surface area contributed by atoms with E-state index in [1.165, 1.54) is 17.6 Å². The van der Waals surface area contributed by atoms with Crippen LogP contribution >= 0.6 is 11.3 Å². The highest BCUT2D eigenvalue weighted by molar-refractivity contribution is 7.13. The lowest BCUT2D eigenvalue weighted by Crippen LogP contribution is -2.04. The first kappa shape index (κ1) is 14.3. The summed E-state index contributed by atoms with van der Waals surface area (Å²) < 4.78 is 15.3. The molecule has 0 saturated heterocycles. The summed E-state index contributed by atoms with van der Waals surface area (Å²) in [5, 5.41) is 2.74. The number of carbonyl (C=O) groups is 1. The van der Waals surface area contributed by atoms with Gasteiger partial charge in [0.25, 0.3) is 0 Å². The van der Waals surface area contributed by atoms with Gasteiger partial charge in [0.15, 0.2) is 0 Å². The van der Waals surface area contributed by atoms with E-state index in [2.05, 4.69) is 4.98 Å². The lowest BCUT2D eigenvalue weighted by molar-refractivity contribution is 0.0432. The van der Waals surface area contributed by atoms with Crippen molar-refractivity contribution in [3.8, 4) is 16.3 Å². The van der Waals surface area contributed by atoms with Gasteiger partial charge in [-0.05, 0) is 36.4 Å². The number of rotatable bonds is 5. The fourth-order valence-electron chi connectivity index (χ4n) is 1.84. The zero-order valence-corrected chi connectivity index (χ0v) is 12.6. The van der Waals surface area contributed by atoms with Crippen LogP contribution in [0.1, 0.15) is 16.2 Å². The summed E-state index contributed by atoms with van der Waals surface area (Å²) in [4.78, 5) is 16.1. The second kappa shape index (κ2) is 6.44. The third-order valence-corrected chi connectivity index (χ3v) is 3.90. The van der Waals surface area contributed by atoms with Crippen molar-refractivity contribution in [1.82, 2.24) is 4.98 Å². The maximum atomic E-state index is 11.7. The number of hydrogen-bond acceptors (Lipinski definition) is 6. The number of furan rings is 1. The summed E-state index contributed by atoms with van der Waals surface area (Å²) >= 11 is 1.50. The first-order valence-electron chi connectivity index (χ1n) is 6.56. The number of aromatic nitrogens is 1. The lowest BCUT2D eigenvalue weighted by atomic mass is 10.2. The molecule has 0 saturated carbocycles. The molecule has 0 aliphatic rings. The summed E-state index contributed by atoms with van der Waals surface area (Å²) in [5.41, 5.74) is 1.70. The Morgan fingerprint density at radius 1 is 1.27 bits per heavy atom. The zero-order chi connectivity index (χ0) is 15.4. The van der Waals surface area contributed by atoms with Gasteiger partial charge in [-0.3, -0.25) is 0 Å². The number of esters is 1. The highest BCUT2D eigenvalue weighted by Crippen LogP contribution is 2.26. The third kappa shape index (κ3) is 3.17. The predicted molar refractivity (Wildman–Crippen MR) is 81.9 cm³/mol. The van der Waals surface area contributed by atoms with Gasteiger partial charge in [-0.2, -0.15) is 0 Å². The van der Waals surface area contributed by atoms with Gasteiger partial charge < -0.3 is 13.9 Å². The molecule has 3 rings (SSSR count). The van der Waals surface area contributed by atoms with Gasteiger partial charge >= 0.3 is 5.97 Å². The van der Waals surface area contributed by atoms with E-state index in [9.17, 15) is 4.79 Å². The molecular weight excluding hydrogens is 302 g/mol.